The number of nitrogens with two attached hydrogens (primary N) is 1. The highest BCUT2D eigenvalue weighted by molar-refractivity contribution is 7.15. The van der Waals surface area contributed by atoms with Gasteiger partial charge in [0.1, 0.15) is 6.04 Å². The number of nitrogens with zero attached hydrogens (tertiary/aromatic N) is 2. The highest BCUT2D eigenvalue weighted by atomic mass is 32.1. The molecule has 1 amide bonds. The van der Waals surface area contributed by atoms with Crippen molar-refractivity contribution in [2.24, 2.45) is 11.7 Å². The average Bonchev–Trinajstić information content (AvgIpc) is 3.62. The number of thiophene rings is 1. The molecule has 1 aliphatic rings. The van der Waals surface area contributed by atoms with E-state index in [1.807, 2.05) is 31.2 Å². The number of oxazole rings is 1. The largest absolute Gasteiger partial charge is 0.420 e. The van der Waals surface area contributed by atoms with Gasteiger partial charge in [-0.05, 0) is 61.1 Å². The summed E-state index contributed by atoms with van der Waals surface area (Å²) in [6, 6.07) is 10.4. The van der Waals surface area contributed by atoms with Crippen molar-refractivity contribution in [3.63, 3.8) is 0 Å². The summed E-state index contributed by atoms with van der Waals surface area (Å²) in [7, 11) is 0. The van der Waals surface area contributed by atoms with Crippen LogP contribution >= 0.6 is 11.3 Å². The summed E-state index contributed by atoms with van der Waals surface area (Å²) >= 11 is 1.54. The molecule has 9 nitrogen and oxygen atoms in total. The zero-order chi connectivity index (χ0) is 25.5. The minimum atomic E-state index is -0.667. The topological polar surface area (TPSA) is 133 Å². The van der Waals surface area contributed by atoms with Crippen LogP contribution in [-0.2, 0) is 27.2 Å². The van der Waals surface area contributed by atoms with Gasteiger partial charge in [-0.1, -0.05) is 6.92 Å². The third kappa shape index (κ3) is 6.42. The molecule has 192 valence electrons. The molecule has 3 atom stereocenters. The number of amides is 1. The van der Waals surface area contributed by atoms with E-state index in [-0.39, 0.29) is 5.91 Å². The fourth-order valence-corrected chi connectivity index (χ4v) is 5.37. The van der Waals surface area contributed by atoms with Crippen molar-refractivity contribution in [1.82, 2.24) is 9.88 Å². The lowest BCUT2D eigenvalue weighted by Gasteiger charge is -2.17. The number of fused-ring (bicyclic) bond motifs is 1. The number of hydrogen-bond acceptors (Lipinski definition) is 8. The lowest BCUT2D eigenvalue weighted by atomic mass is 9.99. The van der Waals surface area contributed by atoms with Crippen LogP contribution in [0.15, 0.2) is 39.5 Å². The van der Waals surface area contributed by atoms with Gasteiger partial charge in [0.05, 0.1) is 30.8 Å². The van der Waals surface area contributed by atoms with Crippen LogP contribution < -0.4 is 16.8 Å². The van der Waals surface area contributed by atoms with E-state index in [1.165, 1.54) is 0 Å². The number of rotatable bonds is 12. The summed E-state index contributed by atoms with van der Waals surface area (Å²) < 4.78 is 17.8. The summed E-state index contributed by atoms with van der Waals surface area (Å²) in [5.74, 6) is -0.421. The van der Waals surface area contributed by atoms with Gasteiger partial charge in [0.25, 0.3) is 0 Å². The van der Waals surface area contributed by atoms with Crippen molar-refractivity contribution in [3.05, 3.63) is 45.8 Å². The Balaban J connectivity index is 1.41. The molecule has 3 N–H and O–H groups in total. The number of hydrogen-bond donors (Lipinski definition) is 2. The molecule has 0 bridgehead atoms. The van der Waals surface area contributed by atoms with Crippen LogP contribution in [0.1, 0.15) is 31.1 Å². The standard InChI is InChI=1S/C26H32N4O5S/c1-2-9-33-11-8-30-22-13-18(3-5-23(22)35-26(30)32)24-6-4-20(36-24)14-19(15-27)29-25(31)21(28)12-17-7-10-34-16-17/h3-6,13,17,19,21H,2,7-12,14,16,28H2,1H3,(H,29,31)/t17-,19+,21+/m1/s1. The monoisotopic (exact) mass is 512 g/mol. The number of aromatic nitrogens is 1. The van der Waals surface area contributed by atoms with E-state index in [1.54, 1.807) is 22.0 Å². The van der Waals surface area contributed by atoms with E-state index in [0.717, 1.165) is 33.7 Å². The van der Waals surface area contributed by atoms with Gasteiger partial charge in [-0.2, -0.15) is 5.26 Å². The van der Waals surface area contributed by atoms with Gasteiger partial charge in [0.2, 0.25) is 5.91 Å². The Bertz CT molecular complexity index is 1270. The van der Waals surface area contributed by atoms with Crippen molar-refractivity contribution in [2.45, 2.75) is 51.2 Å². The summed E-state index contributed by atoms with van der Waals surface area (Å²) in [6.07, 6.45) is 2.78. The van der Waals surface area contributed by atoms with Gasteiger partial charge in [-0.25, -0.2) is 4.79 Å². The number of carbonyl (C=O) groups excluding carboxylic acids is 1. The van der Waals surface area contributed by atoms with Gasteiger partial charge in [-0.15, -0.1) is 11.3 Å². The first-order valence-corrected chi connectivity index (χ1v) is 13.1. The quantitative estimate of drug-likeness (QED) is 0.356. The van der Waals surface area contributed by atoms with Gasteiger partial charge in [0.15, 0.2) is 5.58 Å². The molecule has 1 aromatic carbocycles. The Morgan fingerprint density at radius 2 is 2.22 bits per heavy atom. The summed E-state index contributed by atoms with van der Waals surface area (Å²) in [4.78, 5) is 26.8. The third-order valence-corrected chi connectivity index (χ3v) is 7.40. The Labute approximate surface area is 213 Å². The third-order valence-electron chi connectivity index (χ3n) is 6.25. The maximum Gasteiger partial charge on any atom is 0.420 e. The number of ether oxygens (including phenoxy) is 2. The molecule has 3 heterocycles. The zero-order valence-corrected chi connectivity index (χ0v) is 21.2. The van der Waals surface area contributed by atoms with E-state index in [0.29, 0.717) is 57.3 Å². The van der Waals surface area contributed by atoms with Gasteiger partial charge < -0.3 is 24.9 Å². The highest BCUT2D eigenvalue weighted by Crippen LogP contribution is 2.31. The molecule has 4 rings (SSSR count). The van der Waals surface area contributed by atoms with E-state index in [2.05, 4.69) is 11.4 Å². The van der Waals surface area contributed by atoms with Crippen molar-refractivity contribution < 1.29 is 18.7 Å². The van der Waals surface area contributed by atoms with E-state index in [4.69, 9.17) is 19.6 Å². The second kappa shape index (κ2) is 12.3. The van der Waals surface area contributed by atoms with Crippen LogP contribution in [-0.4, -0.2) is 49.0 Å². The molecule has 1 aliphatic heterocycles. The summed E-state index contributed by atoms with van der Waals surface area (Å²) in [5.41, 5.74) is 8.26. The first kappa shape index (κ1) is 26.1. The molecule has 0 saturated carbocycles. The van der Waals surface area contributed by atoms with Crippen LogP contribution in [0.4, 0.5) is 0 Å². The molecule has 36 heavy (non-hydrogen) atoms. The van der Waals surface area contributed by atoms with Crippen LogP contribution in [0.2, 0.25) is 0 Å². The maximum absolute atomic E-state index is 12.5. The smallest absolute Gasteiger partial charge is 0.408 e. The first-order valence-electron chi connectivity index (χ1n) is 12.3. The SMILES string of the molecule is CCCOCCn1c(=O)oc2ccc(-c3ccc(C[C@@H](C#N)NC(=O)[C@@H](N)C[C@H]4CCOC4)s3)cc21. The van der Waals surface area contributed by atoms with Crippen LogP contribution in [0.3, 0.4) is 0 Å². The van der Waals surface area contributed by atoms with Gasteiger partial charge in [-0.3, -0.25) is 9.36 Å². The second-order valence-corrected chi connectivity index (χ2v) is 10.2. The normalized spacial score (nSPS) is 17.2. The molecule has 1 saturated heterocycles. The first-order chi connectivity index (χ1) is 17.5. The van der Waals surface area contributed by atoms with Gasteiger partial charge >= 0.3 is 5.76 Å². The lowest BCUT2D eigenvalue weighted by molar-refractivity contribution is -0.123. The Morgan fingerprint density at radius 1 is 1.36 bits per heavy atom. The van der Waals surface area contributed by atoms with Crippen molar-refractivity contribution >= 4 is 28.3 Å². The summed E-state index contributed by atoms with van der Waals surface area (Å²) in [6.45, 7) is 4.89. The lowest BCUT2D eigenvalue weighted by Crippen LogP contribution is -2.46. The Morgan fingerprint density at radius 3 is 2.97 bits per heavy atom. The fourth-order valence-electron chi connectivity index (χ4n) is 4.32. The predicted octanol–water partition coefficient (Wildman–Crippen LogP) is 3.05. The molecular weight excluding hydrogens is 480 g/mol. The van der Waals surface area contributed by atoms with E-state index >= 15 is 0 Å². The predicted molar refractivity (Wildman–Crippen MR) is 138 cm³/mol. The minimum absolute atomic E-state index is 0.291. The molecule has 0 aliphatic carbocycles. The van der Waals surface area contributed by atoms with Crippen molar-refractivity contribution in [3.8, 4) is 16.5 Å². The molecule has 1 fully saturated rings. The van der Waals surface area contributed by atoms with Crippen molar-refractivity contribution in [1.29, 1.82) is 5.26 Å². The minimum Gasteiger partial charge on any atom is -0.408 e. The number of carbonyl (C=O) groups is 1. The van der Waals surface area contributed by atoms with Crippen LogP contribution in [0.5, 0.6) is 0 Å². The number of nitriles is 1. The average molecular weight is 513 g/mol. The van der Waals surface area contributed by atoms with E-state index < -0.39 is 17.8 Å². The number of benzene rings is 1. The van der Waals surface area contributed by atoms with Crippen LogP contribution in [0, 0.1) is 17.2 Å². The van der Waals surface area contributed by atoms with Crippen LogP contribution in [0.25, 0.3) is 21.5 Å². The van der Waals surface area contributed by atoms with Crippen molar-refractivity contribution in [2.75, 3.05) is 26.4 Å². The molecule has 0 unspecified atom stereocenters. The molecule has 3 aromatic rings. The fraction of sp³-hybridized carbons (Fsp3) is 0.500. The highest BCUT2D eigenvalue weighted by Gasteiger charge is 2.24. The Kier molecular flexibility index (Phi) is 8.93. The van der Waals surface area contributed by atoms with E-state index in [9.17, 15) is 14.9 Å². The Hall–Kier alpha value is -2.97. The zero-order valence-electron chi connectivity index (χ0n) is 20.4. The molecule has 2 aromatic heterocycles. The molecule has 0 radical (unpaired) electrons. The number of nitrogens with one attached hydrogen (secondary N) is 1. The van der Waals surface area contributed by atoms with Gasteiger partial charge in [0, 0.05) is 36.0 Å². The molecule has 0 spiro atoms. The second-order valence-electron chi connectivity index (χ2n) is 9.05. The molecule has 10 heteroatoms. The summed E-state index contributed by atoms with van der Waals surface area (Å²) in [5, 5.41) is 12.4. The maximum atomic E-state index is 12.5. The molecular formula is C26H32N4O5S.